The second-order valence-electron chi connectivity index (χ2n) is 3.60. The fraction of sp³-hybridized carbons (Fsp3) is 0.400. The van der Waals surface area contributed by atoms with Gasteiger partial charge in [-0.25, -0.2) is 0 Å². The van der Waals surface area contributed by atoms with E-state index in [1.165, 1.54) is 0 Å². The molecule has 3 nitrogen and oxygen atoms in total. The van der Waals surface area contributed by atoms with Gasteiger partial charge in [0.15, 0.2) is 0 Å². The fourth-order valence-electron chi connectivity index (χ4n) is 2.00. The van der Waals surface area contributed by atoms with Crippen molar-refractivity contribution < 1.29 is 4.92 Å². The number of hydrogen-bond acceptors (Lipinski definition) is 2. The summed E-state index contributed by atoms with van der Waals surface area (Å²) in [6.45, 7) is 0. The first kappa shape index (κ1) is 9.46. The highest BCUT2D eigenvalue weighted by Crippen LogP contribution is 2.33. The van der Waals surface area contributed by atoms with Gasteiger partial charge in [0.05, 0.1) is 4.92 Å². The van der Waals surface area contributed by atoms with Gasteiger partial charge >= 0.3 is 0 Å². The highest BCUT2D eigenvalue weighted by Gasteiger charge is 2.27. The van der Waals surface area contributed by atoms with E-state index in [0.29, 0.717) is 11.8 Å². The van der Waals surface area contributed by atoms with Crippen LogP contribution in [0, 0.1) is 16.0 Å². The van der Waals surface area contributed by atoms with Crippen LogP contribution in [0.1, 0.15) is 11.1 Å². The van der Waals surface area contributed by atoms with Crippen molar-refractivity contribution in [2.45, 2.75) is 12.8 Å². The van der Waals surface area contributed by atoms with E-state index in [2.05, 4.69) is 0 Å². The lowest BCUT2D eigenvalue weighted by atomic mass is 10.1. The first-order chi connectivity index (χ1) is 6.72. The number of nitrogens with zero attached hydrogens (tertiary/aromatic N) is 1. The zero-order valence-corrected chi connectivity index (χ0v) is 8.33. The molecule has 0 spiro atoms. The molecular weight excluding hydrogens is 202 g/mol. The molecule has 1 aliphatic carbocycles. The van der Waals surface area contributed by atoms with Crippen molar-refractivity contribution in [3.05, 3.63) is 39.4 Å². The Bertz CT molecular complexity index is 378. The molecule has 4 heteroatoms. The van der Waals surface area contributed by atoms with Crippen LogP contribution >= 0.6 is 11.6 Å². The Balaban J connectivity index is 2.41. The summed E-state index contributed by atoms with van der Waals surface area (Å²) in [4.78, 5) is 10.4. The first-order valence-corrected chi connectivity index (χ1v) is 5.07. The van der Waals surface area contributed by atoms with Crippen molar-refractivity contribution in [1.29, 1.82) is 0 Å². The number of hydrogen-bond donors (Lipinski definition) is 0. The van der Waals surface area contributed by atoms with Crippen LogP contribution in [-0.2, 0) is 12.8 Å². The predicted molar refractivity (Wildman–Crippen MR) is 54.7 cm³/mol. The van der Waals surface area contributed by atoms with Gasteiger partial charge in [-0.15, -0.1) is 11.6 Å². The molecule has 0 aromatic heterocycles. The molecule has 74 valence electrons. The zero-order chi connectivity index (χ0) is 10.1. The van der Waals surface area contributed by atoms with Crippen LogP contribution in [0.5, 0.6) is 0 Å². The van der Waals surface area contributed by atoms with Crippen molar-refractivity contribution in [1.82, 2.24) is 0 Å². The maximum Gasteiger partial charge on any atom is 0.272 e. The smallest absolute Gasteiger partial charge is 0.258 e. The summed E-state index contributed by atoms with van der Waals surface area (Å²) in [5, 5.41) is 10.7. The van der Waals surface area contributed by atoms with E-state index in [9.17, 15) is 10.1 Å². The Kier molecular flexibility index (Phi) is 2.42. The summed E-state index contributed by atoms with van der Waals surface area (Å²) in [7, 11) is 0. The molecule has 1 aromatic carbocycles. The number of rotatable bonds is 2. The van der Waals surface area contributed by atoms with Crippen LogP contribution in [0.25, 0.3) is 0 Å². The maximum atomic E-state index is 10.7. The van der Waals surface area contributed by atoms with Crippen LogP contribution in [0.15, 0.2) is 18.2 Å². The molecule has 1 atom stereocenters. The van der Waals surface area contributed by atoms with Crippen LogP contribution in [0.2, 0.25) is 0 Å². The highest BCUT2D eigenvalue weighted by molar-refractivity contribution is 6.18. The number of nitro groups is 1. The van der Waals surface area contributed by atoms with Crippen molar-refractivity contribution in [2.75, 3.05) is 5.88 Å². The second-order valence-corrected chi connectivity index (χ2v) is 3.91. The molecule has 0 bridgehead atoms. The summed E-state index contributed by atoms with van der Waals surface area (Å²) in [6, 6.07) is 5.26. The lowest BCUT2D eigenvalue weighted by Gasteiger charge is -2.00. The third kappa shape index (κ3) is 1.48. The monoisotopic (exact) mass is 211 g/mol. The molecule has 0 fully saturated rings. The van der Waals surface area contributed by atoms with Gasteiger partial charge in [0.2, 0.25) is 0 Å². The fourth-order valence-corrected chi connectivity index (χ4v) is 2.22. The van der Waals surface area contributed by atoms with Gasteiger partial charge in [-0.1, -0.05) is 12.1 Å². The Labute approximate surface area is 86.8 Å². The first-order valence-electron chi connectivity index (χ1n) is 4.53. The summed E-state index contributed by atoms with van der Waals surface area (Å²) in [6.07, 6.45) is 1.62. The quantitative estimate of drug-likeness (QED) is 0.429. The topological polar surface area (TPSA) is 43.1 Å². The van der Waals surface area contributed by atoms with Crippen LogP contribution in [-0.4, -0.2) is 10.8 Å². The molecular formula is C10H10ClNO2. The average molecular weight is 212 g/mol. The Morgan fingerprint density at radius 3 is 2.93 bits per heavy atom. The Hall–Kier alpha value is -1.09. The number of fused-ring (bicyclic) bond motifs is 1. The van der Waals surface area contributed by atoms with E-state index in [0.717, 1.165) is 24.0 Å². The maximum absolute atomic E-state index is 10.7. The van der Waals surface area contributed by atoms with E-state index in [1.807, 2.05) is 6.07 Å². The summed E-state index contributed by atoms with van der Waals surface area (Å²) >= 11 is 5.76. The molecule has 0 amide bonds. The van der Waals surface area contributed by atoms with Crippen LogP contribution in [0.4, 0.5) is 5.69 Å². The number of alkyl halides is 1. The van der Waals surface area contributed by atoms with Gasteiger partial charge in [0.1, 0.15) is 0 Å². The molecule has 2 rings (SSSR count). The molecule has 0 N–H and O–H groups in total. The molecule has 1 aliphatic rings. The predicted octanol–water partition coefficient (Wildman–Crippen LogP) is 2.55. The SMILES string of the molecule is O=[N+]([O-])c1cccc2c1C[C@@H](CCl)C2. The molecule has 0 saturated carbocycles. The summed E-state index contributed by atoms with van der Waals surface area (Å²) in [5.41, 5.74) is 2.21. The third-order valence-corrected chi connectivity index (χ3v) is 3.10. The minimum atomic E-state index is -0.310. The van der Waals surface area contributed by atoms with E-state index >= 15 is 0 Å². The molecule has 14 heavy (non-hydrogen) atoms. The molecule has 1 aromatic rings. The minimum absolute atomic E-state index is 0.245. The molecule has 0 saturated heterocycles. The van der Waals surface area contributed by atoms with E-state index in [4.69, 9.17) is 11.6 Å². The van der Waals surface area contributed by atoms with Crippen molar-refractivity contribution in [3.8, 4) is 0 Å². The van der Waals surface area contributed by atoms with Crippen molar-refractivity contribution in [3.63, 3.8) is 0 Å². The highest BCUT2D eigenvalue weighted by atomic mass is 35.5. The van der Waals surface area contributed by atoms with E-state index in [1.54, 1.807) is 12.1 Å². The number of nitro benzene ring substituents is 1. The standard InChI is InChI=1S/C10H10ClNO2/c11-6-7-4-8-2-1-3-10(12(13)14)9(8)5-7/h1-3,7H,4-6H2/t7-/m0/s1. The Morgan fingerprint density at radius 2 is 2.29 bits per heavy atom. The average Bonchev–Trinajstić information content (AvgIpc) is 2.59. The van der Waals surface area contributed by atoms with Gasteiger partial charge in [-0.05, 0) is 24.3 Å². The van der Waals surface area contributed by atoms with Gasteiger partial charge in [0, 0.05) is 17.5 Å². The van der Waals surface area contributed by atoms with E-state index < -0.39 is 0 Å². The number of benzene rings is 1. The van der Waals surface area contributed by atoms with Crippen LogP contribution in [0.3, 0.4) is 0 Å². The summed E-state index contributed by atoms with van der Waals surface area (Å²) in [5.74, 6) is 0.944. The lowest BCUT2D eigenvalue weighted by molar-refractivity contribution is -0.385. The van der Waals surface area contributed by atoms with Gasteiger partial charge in [-0.3, -0.25) is 10.1 Å². The van der Waals surface area contributed by atoms with Gasteiger partial charge in [-0.2, -0.15) is 0 Å². The Morgan fingerprint density at radius 1 is 1.50 bits per heavy atom. The summed E-state index contributed by atoms with van der Waals surface area (Å²) < 4.78 is 0. The largest absolute Gasteiger partial charge is 0.272 e. The third-order valence-electron chi connectivity index (χ3n) is 2.66. The number of halogens is 1. The lowest BCUT2D eigenvalue weighted by Crippen LogP contribution is -2.00. The molecule has 0 radical (unpaired) electrons. The van der Waals surface area contributed by atoms with Gasteiger partial charge < -0.3 is 0 Å². The molecule has 0 heterocycles. The van der Waals surface area contributed by atoms with Crippen LogP contribution < -0.4 is 0 Å². The van der Waals surface area contributed by atoms with E-state index in [-0.39, 0.29) is 10.6 Å². The molecule has 0 aliphatic heterocycles. The van der Waals surface area contributed by atoms with Gasteiger partial charge in [0.25, 0.3) is 5.69 Å². The normalized spacial score (nSPS) is 19.4. The minimum Gasteiger partial charge on any atom is -0.258 e. The van der Waals surface area contributed by atoms with Crippen molar-refractivity contribution in [2.24, 2.45) is 5.92 Å². The molecule has 0 unspecified atom stereocenters. The zero-order valence-electron chi connectivity index (χ0n) is 7.57. The second kappa shape index (κ2) is 3.58. The van der Waals surface area contributed by atoms with Crippen molar-refractivity contribution >= 4 is 17.3 Å².